The van der Waals surface area contributed by atoms with E-state index in [1.54, 1.807) is 0 Å². The van der Waals surface area contributed by atoms with Crippen LogP contribution < -0.4 is 10.5 Å². The second kappa shape index (κ2) is 7.11. The molecule has 1 atom stereocenters. The summed E-state index contributed by atoms with van der Waals surface area (Å²) in [6.45, 7) is 4.95. The van der Waals surface area contributed by atoms with Crippen LogP contribution in [0.2, 0.25) is 0 Å². The van der Waals surface area contributed by atoms with Crippen molar-refractivity contribution in [3.05, 3.63) is 65.2 Å². The highest BCUT2D eigenvalue weighted by molar-refractivity contribution is 5.32. The predicted molar refractivity (Wildman–Crippen MR) is 84.0 cm³/mol. The zero-order valence-corrected chi connectivity index (χ0v) is 12.3. The molecule has 2 aromatic carbocycles. The molecule has 0 radical (unpaired) electrons. The van der Waals surface area contributed by atoms with Crippen LogP contribution in [0.15, 0.2) is 48.5 Å². The lowest BCUT2D eigenvalue weighted by Crippen LogP contribution is -2.13. The largest absolute Gasteiger partial charge is 0.494 e. The first-order chi connectivity index (χ1) is 9.69. The molecule has 2 nitrogen and oxygen atoms in total. The Labute approximate surface area is 121 Å². The van der Waals surface area contributed by atoms with E-state index < -0.39 is 0 Å². The molecule has 2 rings (SSSR count). The van der Waals surface area contributed by atoms with Crippen LogP contribution in [0, 0.1) is 6.92 Å². The van der Waals surface area contributed by atoms with Crippen LogP contribution in [-0.2, 0) is 6.42 Å². The van der Waals surface area contributed by atoms with E-state index >= 15 is 0 Å². The Balaban J connectivity index is 2.04. The summed E-state index contributed by atoms with van der Waals surface area (Å²) in [6.07, 6.45) is 1.86. The topological polar surface area (TPSA) is 35.2 Å². The lowest BCUT2D eigenvalue weighted by atomic mass is 9.99. The predicted octanol–water partition coefficient (Wildman–Crippen LogP) is 4.03. The van der Waals surface area contributed by atoms with Gasteiger partial charge in [-0.25, -0.2) is 0 Å². The Morgan fingerprint density at radius 3 is 2.55 bits per heavy atom. The van der Waals surface area contributed by atoms with Gasteiger partial charge in [-0.2, -0.15) is 0 Å². The van der Waals surface area contributed by atoms with Gasteiger partial charge in [0.25, 0.3) is 0 Å². The number of ether oxygens (including phenoxy) is 1. The molecule has 0 saturated carbocycles. The molecule has 0 heterocycles. The van der Waals surface area contributed by atoms with Gasteiger partial charge in [0.05, 0.1) is 6.61 Å². The van der Waals surface area contributed by atoms with E-state index in [1.807, 2.05) is 12.1 Å². The summed E-state index contributed by atoms with van der Waals surface area (Å²) in [5.74, 6) is 0.906. The Hall–Kier alpha value is -1.80. The molecule has 0 amide bonds. The van der Waals surface area contributed by atoms with Crippen LogP contribution in [0.1, 0.15) is 36.1 Å². The normalized spacial score (nSPS) is 12.2. The number of aryl methyl sites for hydroxylation is 1. The molecule has 20 heavy (non-hydrogen) atoms. The third kappa shape index (κ3) is 4.10. The first kappa shape index (κ1) is 14.6. The van der Waals surface area contributed by atoms with Crippen molar-refractivity contribution >= 4 is 0 Å². The summed E-state index contributed by atoms with van der Waals surface area (Å²) >= 11 is 0. The average molecular weight is 269 g/mol. The minimum absolute atomic E-state index is 0.00267. The van der Waals surface area contributed by atoms with Crippen molar-refractivity contribution in [1.82, 2.24) is 0 Å². The lowest BCUT2D eigenvalue weighted by Gasteiger charge is -2.14. The quantitative estimate of drug-likeness (QED) is 0.859. The van der Waals surface area contributed by atoms with Crippen molar-refractivity contribution in [2.75, 3.05) is 6.61 Å². The molecular weight excluding hydrogens is 246 g/mol. The molecule has 0 aromatic heterocycles. The highest BCUT2D eigenvalue weighted by Gasteiger charge is 2.08. The van der Waals surface area contributed by atoms with Gasteiger partial charge < -0.3 is 10.5 Å². The minimum atomic E-state index is 0.00267. The summed E-state index contributed by atoms with van der Waals surface area (Å²) < 4.78 is 5.66. The number of rotatable bonds is 6. The van der Waals surface area contributed by atoms with Crippen molar-refractivity contribution in [2.45, 2.75) is 32.7 Å². The standard InChI is InChI=1S/C18H23NO/c1-3-11-20-17-6-4-5-16(13-17)18(19)12-15-9-7-14(2)8-10-15/h4-10,13,18H,3,11-12,19H2,1-2H3. The monoisotopic (exact) mass is 269 g/mol. The first-order valence-corrected chi connectivity index (χ1v) is 7.23. The number of hydrogen-bond donors (Lipinski definition) is 1. The molecule has 2 aromatic rings. The van der Waals surface area contributed by atoms with E-state index in [9.17, 15) is 0 Å². The highest BCUT2D eigenvalue weighted by Crippen LogP contribution is 2.21. The third-order valence-corrected chi connectivity index (χ3v) is 3.34. The second-order valence-corrected chi connectivity index (χ2v) is 5.22. The van der Waals surface area contributed by atoms with Crippen molar-refractivity contribution in [3.63, 3.8) is 0 Å². The lowest BCUT2D eigenvalue weighted by molar-refractivity contribution is 0.317. The fourth-order valence-corrected chi connectivity index (χ4v) is 2.15. The van der Waals surface area contributed by atoms with E-state index in [1.165, 1.54) is 11.1 Å². The van der Waals surface area contributed by atoms with Gasteiger partial charge in [0.1, 0.15) is 5.75 Å². The Morgan fingerprint density at radius 1 is 1.10 bits per heavy atom. The second-order valence-electron chi connectivity index (χ2n) is 5.22. The molecule has 1 unspecified atom stereocenters. The van der Waals surface area contributed by atoms with E-state index in [2.05, 4.69) is 50.2 Å². The van der Waals surface area contributed by atoms with Gasteiger partial charge in [-0.1, -0.05) is 48.9 Å². The van der Waals surface area contributed by atoms with E-state index in [-0.39, 0.29) is 6.04 Å². The molecule has 0 spiro atoms. The van der Waals surface area contributed by atoms with Crippen LogP contribution in [0.5, 0.6) is 5.75 Å². The third-order valence-electron chi connectivity index (χ3n) is 3.34. The van der Waals surface area contributed by atoms with Crippen LogP contribution in [0.25, 0.3) is 0 Å². The summed E-state index contributed by atoms with van der Waals surface area (Å²) in [4.78, 5) is 0. The molecule has 0 aliphatic rings. The Morgan fingerprint density at radius 2 is 1.85 bits per heavy atom. The molecule has 2 N–H and O–H groups in total. The average Bonchev–Trinajstić information content (AvgIpc) is 2.48. The molecule has 0 bridgehead atoms. The van der Waals surface area contributed by atoms with E-state index in [4.69, 9.17) is 10.5 Å². The van der Waals surface area contributed by atoms with E-state index in [0.29, 0.717) is 0 Å². The van der Waals surface area contributed by atoms with Gasteiger partial charge in [-0.05, 0) is 43.0 Å². The van der Waals surface area contributed by atoms with Crippen molar-refractivity contribution in [1.29, 1.82) is 0 Å². The van der Waals surface area contributed by atoms with Gasteiger partial charge in [-0.15, -0.1) is 0 Å². The molecular formula is C18H23NO. The highest BCUT2D eigenvalue weighted by atomic mass is 16.5. The summed E-state index contributed by atoms with van der Waals surface area (Å²) in [5.41, 5.74) is 9.97. The van der Waals surface area contributed by atoms with Crippen molar-refractivity contribution < 1.29 is 4.74 Å². The SMILES string of the molecule is CCCOc1cccc(C(N)Cc2ccc(C)cc2)c1. The maximum atomic E-state index is 6.31. The maximum Gasteiger partial charge on any atom is 0.119 e. The molecule has 0 fully saturated rings. The summed E-state index contributed by atoms with van der Waals surface area (Å²) in [7, 11) is 0. The van der Waals surface area contributed by atoms with Gasteiger partial charge >= 0.3 is 0 Å². The fourth-order valence-electron chi connectivity index (χ4n) is 2.15. The minimum Gasteiger partial charge on any atom is -0.494 e. The summed E-state index contributed by atoms with van der Waals surface area (Å²) in [5, 5.41) is 0. The molecule has 0 aliphatic heterocycles. The molecule has 0 aliphatic carbocycles. The van der Waals surface area contributed by atoms with Gasteiger partial charge in [0.15, 0.2) is 0 Å². The van der Waals surface area contributed by atoms with E-state index in [0.717, 1.165) is 30.8 Å². The van der Waals surface area contributed by atoms with Crippen LogP contribution in [0.4, 0.5) is 0 Å². The molecule has 0 saturated heterocycles. The Kier molecular flexibility index (Phi) is 5.19. The maximum absolute atomic E-state index is 6.31. The Bertz CT molecular complexity index is 533. The van der Waals surface area contributed by atoms with Crippen molar-refractivity contribution in [3.8, 4) is 5.75 Å². The first-order valence-electron chi connectivity index (χ1n) is 7.23. The van der Waals surface area contributed by atoms with Crippen LogP contribution in [0.3, 0.4) is 0 Å². The zero-order chi connectivity index (χ0) is 14.4. The van der Waals surface area contributed by atoms with Crippen molar-refractivity contribution in [2.24, 2.45) is 5.73 Å². The number of benzene rings is 2. The van der Waals surface area contributed by atoms with Gasteiger partial charge in [-0.3, -0.25) is 0 Å². The van der Waals surface area contributed by atoms with Crippen LogP contribution >= 0.6 is 0 Å². The number of hydrogen-bond acceptors (Lipinski definition) is 2. The van der Waals surface area contributed by atoms with Crippen LogP contribution in [-0.4, -0.2) is 6.61 Å². The summed E-state index contributed by atoms with van der Waals surface area (Å²) in [6, 6.07) is 16.7. The van der Waals surface area contributed by atoms with Gasteiger partial charge in [0, 0.05) is 6.04 Å². The zero-order valence-electron chi connectivity index (χ0n) is 12.3. The smallest absolute Gasteiger partial charge is 0.119 e. The molecule has 2 heteroatoms. The number of nitrogens with two attached hydrogens (primary N) is 1. The fraction of sp³-hybridized carbons (Fsp3) is 0.333. The molecule has 106 valence electrons. The van der Waals surface area contributed by atoms with Gasteiger partial charge in [0.2, 0.25) is 0 Å².